The fourth-order valence-corrected chi connectivity index (χ4v) is 3.62. The van der Waals surface area contributed by atoms with Gasteiger partial charge in [-0.25, -0.2) is 13.4 Å². The molecule has 6 heteroatoms. The van der Waals surface area contributed by atoms with E-state index in [1.807, 2.05) is 0 Å². The molecule has 2 N–H and O–H groups in total. The molecule has 0 saturated heterocycles. The van der Waals surface area contributed by atoms with E-state index in [1.54, 1.807) is 0 Å². The van der Waals surface area contributed by atoms with E-state index >= 15 is 0 Å². The van der Waals surface area contributed by atoms with Gasteiger partial charge in [-0.3, -0.25) is 0 Å². The predicted molar refractivity (Wildman–Crippen MR) is 119 cm³/mol. The van der Waals surface area contributed by atoms with Gasteiger partial charge in [-0.2, -0.15) is 0 Å². The van der Waals surface area contributed by atoms with Gasteiger partial charge in [-0.15, -0.1) is 0 Å². The van der Waals surface area contributed by atoms with Crippen LogP contribution < -0.4 is 4.99 Å². The summed E-state index contributed by atoms with van der Waals surface area (Å²) in [6.45, 7) is 0. The van der Waals surface area contributed by atoms with E-state index in [4.69, 9.17) is 13.0 Å². The van der Waals surface area contributed by atoms with Gasteiger partial charge >= 0.3 is 0 Å². The molecule has 1 aliphatic heterocycles. The maximum atomic E-state index is 9.08. The number of aromatic nitrogens is 1. The van der Waals surface area contributed by atoms with Crippen LogP contribution in [0.2, 0.25) is 0 Å². The second-order valence-corrected chi connectivity index (χ2v) is 8.35. The molecule has 150 valence electrons. The number of fused-ring (bicyclic) bond motifs is 2. The van der Waals surface area contributed by atoms with Gasteiger partial charge in [0.15, 0.2) is 6.21 Å². The summed E-state index contributed by atoms with van der Waals surface area (Å²) in [7, 11) is -3.92. The molecule has 0 atom stereocenters. The molecule has 1 aromatic heterocycles. The minimum absolute atomic E-state index is 0.604. The Hall–Kier alpha value is -3.48. The Morgan fingerprint density at radius 3 is 2.30 bits per heavy atom. The van der Waals surface area contributed by atoms with Gasteiger partial charge in [-0.1, -0.05) is 60.7 Å². The molecule has 0 fully saturated rings. The quantitative estimate of drug-likeness (QED) is 0.492. The molecule has 0 aliphatic carbocycles. The van der Waals surface area contributed by atoms with E-state index in [1.165, 1.54) is 33.2 Å². The summed E-state index contributed by atoms with van der Waals surface area (Å²) in [5.41, 5.74) is 8.48. The van der Waals surface area contributed by atoms with Crippen molar-refractivity contribution in [2.24, 2.45) is 0 Å². The normalized spacial score (nSPS) is 14.2. The Morgan fingerprint density at radius 2 is 1.53 bits per heavy atom. The first-order valence-electron chi connectivity index (χ1n) is 9.38. The molecular formula is C24H20N2O3S. The van der Waals surface area contributed by atoms with Crippen molar-refractivity contribution in [3.63, 3.8) is 0 Å². The molecule has 0 saturated carbocycles. The minimum Gasteiger partial charge on any atom is -0.748 e. The van der Waals surface area contributed by atoms with Crippen LogP contribution in [0.4, 0.5) is 5.69 Å². The number of allylic oxidation sites excluding steroid dienone is 1. The van der Waals surface area contributed by atoms with Crippen LogP contribution in [0.1, 0.15) is 16.7 Å². The maximum Gasteiger partial charge on any atom is 0.211 e. The third kappa shape index (κ3) is 4.25. The number of para-hydroxylation sites is 2. The second-order valence-electron chi connectivity index (χ2n) is 6.94. The van der Waals surface area contributed by atoms with Gasteiger partial charge in [0, 0.05) is 40.6 Å². The predicted octanol–water partition coefficient (Wildman–Crippen LogP) is 3.08. The zero-order valence-corrected chi connectivity index (χ0v) is 17.1. The van der Waals surface area contributed by atoms with E-state index in [9.17, 15) is 0 Å². The molecular weight excluding hydrogens is 396 g/mol. The summed E-state index contributed by atoms with van der Waals surface area (Å²) in [6, 6.07) is 27.5. The highest BCUT2D eigenvalue weighted by molar-refractivity contribution is 7.84. The Kier molecular flexibility index (Phi) is 5.35. The highest BCUT2D eigenvalue weighted by atomic mass is 32.2. The first-order chi connectivity index (χ1) is 14.4. The summed E-state index contributed by atoms with van der Waals surface area (Å²) < 4.78 is 27.2. The lowest BCUT2D eigenvalue weighted by Crippen LogP contribution is -2.58. The first kappa shape index (κ1) is 19.8. The van der Waals surface area contributed by atoms with Crippen LogP contribution >= 0.6 is 0 Å². The van der Waals surface area contributed by atoms with E-state index in [0.717, 1.165) is 11.2 Å². The average molecular weight is 417 g/mol. The minimum atomic E-state index is -3.92. The van der Waals surface area contributed by atoms with Crippen LogP contribution in [0.5, 0.6) is 0 Å². The Balaban J connectivity index is 0.000000393. The Bertz CT molecular complexity index is 1360. The monoisotopic (exact) mass is 416 g/mol. The fraction of sp³-hybridized carbons (Fsp3) is 0.0417. The number of rotatable bonds is 2. The van der Waals surface area contributed by atoms with Crippen molar-refractivity contribution >= 4 is 44.1 Å². The van der Waals surface area contributed by atoms with Gasteiger partial charge in [0.25, 0.3) is 0 Å². The third-order valence-electron chi connectivity index (χ3n) is 4.78. The van der Waals surface area contributed by atoms with Crippen LogP contribution in [-0.4, -0.2) is 30.4 Å². The number of benzene rings is 3. The summed E-state index contributed by atoms with van der Waals surface area (Å²) in [5, 5.41) is 1.24. The van der Waals surface area contributed by atoms with Crippen LogP contribution in [0.25, 0.3) is 22.0 Å². The maximum absolute atomic E-state index is 9.08. The zero-order valence-electron chi connectivity index (χ0n) is 16.3. The molecule has 1 aliphatic rings. The smallest absolute Gasteiger partial charge is 0.211 e. The summed E-state index contributed by atoms with van der Waals surface area (Å²) >= 11 is 0. The molecule has 3 aromatic carbocycles. The highest BCUT2D eigenvalue weighted by Crippen LogP contribution is 2.37. The van der Waals surface area contributed by atoms with Crippen molar-refractivity contribution in [2.45, 2.75) is 0 Å². The van der Waals surface area contributed by atoms with Crippen molar-refractivity contribution in [2.75, 3.05) is 6.26 Å². The fourth-order valence-electron chi connectivity index (χ4n) is 3.62. The topological polar surface area (TPSA) is 87.0 Å². The van der Waals surface area contributed by atoms with Crippen molar-refractivity contribution in [3.05, 3.63) is 102 Å². The molecule has 0 radical (unpaired) electrons. The number of nitrogens with one attached hydrogen (secondary N) is 2. The number of hydrogen-bond donors (Lipinski definition) is 2. The van der Waals surface area contributed by atoms with Gasteiger partial charge in [0.2, 0.25) is 5.69 Å². The van der Waals surface area contributed by atoms with E-state index in [0.29, 0.717) is 6.26 Å². The summed E-state index contributed by atoms with van der Waals surface area (Å²) in [4.78, 5) is 6.83. The molecule has 0 spiro atoms. The van der Waals surface area contributed by atoms with Crippen molar-refractivity contribution in [3.8, 4) is 0 Å². The third-order valence-corrected chi connectivity index (χ3v) is 4.78. The molecule has 4 aromatic rings. The van der Waals surface area contributed by atoms with Crippen molar-refractivity contribution in [1.29, 1.82) is 0 Å². The van der Waals surface area contributed by atoms with Crippen molar-refractivity contribution < 1.29 is 18.0 Å². The molecule has 30 heavy (non-hydrogen) atoms. The van der Waals surface area contributed by atoms with Gasteiger partial charge < -0.3 is 9.54 Å². The van der Waals surface area contributed by atoms with Crippen LogP contribution in [0.15, 0.2) is 85.1 Å². The lowest BCUT2D eigenvalue weighted by Gasteiger charge is -2.10. The molecule has 0 unspecified atom stereocenters. The summed E-state index contributed by atoms with van der Waals surface area (Å²) in [5.74, 6) is 0. The van der Waals surface area contributed by atoms with Crippen LogP contribution in [-0.2, 0) is 10.1 Å². The van der Waals surface area contributed by atoms with Crippen LogP contribution in [0, 0.1) is 0 Å². The molecule has 5 rings (SSSR count). The van der Waals surface area contributed by atoms with E-state index in [-0.39, 0.29) is 0 Å². The number of hydrogen-bond acceptors (Lipinski definition) is 3. The SMILES string of the molecule is C1=[NH+]c2ccccc2C1=C(c1ccccc1)c1c[nH]c2ccccc12.CS(=O)(=O)[O-]. The lowest BCUT2D eigenvalue weighted by molar-refractivity contribution is -0.342. The molecule has 5 nitrogen and oxygen atoms in total. The lowest BCUT2D eigenvalue weighted by atomic mass is 9.90. The first-order valence-corrected chi connectivity index (χ1v) is 11.2. The molecule has 0 bridgehead atoms. The largest absolute Gasteiger partial charge is 0.748 e. The summed E-state index contributed by atoms with van der Waals surface area (Å²) in [6.07, 6.45) is 4.84. The Labute approximate surface area is 175 Å². The standard InChI is InChI=1S/C23H16N2.CH4O3S/c1-2-8-16(9-3-1)23(19-14-24-21-12-6-4-10-17(19)21)20-15-25-22-13-7-5-11-18(20)22;1-5(2,3)4/h1-15,24H;1H3,(H,2,3,4). The average Bonchev–Trinajstić information content (AvgIpc) is 3.34. The molecule has 2 heterocycles. The molecule has 0 amide bonds. The number of H-pyrrole nitrogens is 1. The van der Waals surface area contributed by atoms with E-state index < -0.39 is 10.1 Å². The van der Waals surface area contributed by atoms with Crippen LogP contribution in [0.3, 0.4) is 0 Å². The van der Waals surface area contributed by atoms with Gasteiger partial charge in [0.1, 0.15) is 0 Å². The number of aromatic amines is 1. The van der Waals surface area contributed by atoms with Crippen molar-refractivity contribution in [1.82, 2.24) is 4.98 Å². The van der Waals surface area contributed by atoms with Gasteiger partial charge in [0.05, 0.1) is 21.3 Å². The van der Waals surface area contributed by atoms with E-state index in [2.05, 4.69) is 101 Å². The highest BCUT2D eigenvalue weighted by Gasteiger charge is 2.24. The van der Waals surface area contributed by atoms with Gasteiger partial charge in [-0.05, 0) is 17.7 Å². The second kappa shape index (κ2) is 8.10. The Morgan fingerprint density at radius 1 is 0.900 bits per heavy atom. The zero-order chi connectivity index (χ0) is 21.1.